The zero-order valence-electron chi connectivity index (χ0n) is 16.2. The minimum atomic E-state index is 0. The molecule has 9 heteroatoms. The Hall–Kier alpha value is -0.970. The summed E-state index contributed by atoms with van der Waals surface area (Å²) in [5, 5.41) is 7.14. The summed E-state index contributed by atoms with van der Waals surface area (Å²) in [6.45, 7) is 5.68. The van der Waals surface area contributed by atoms with Crippen LogP contribution in [0.15, 0.2) is 17.1 Å². The molecule has 2 aliphatic rings. The molecule has 0 saturated carbocycles. The van der Waals surface area contributed by atoms with Crippen molar-refractivity contribution in [3.05, 3.63) is 22.7 Å². The number of benzene rings is 1. The van der Waals surface area contributed by atoms with E-state index in [1.165, 1.54) is 0 Å². The summed E-state index contributed by atoms with van der Waals surface area (Å²) in [7, 11) is 1.75. The van der Waals surface area contributed by atoms with Gasteiger partial charge in [0.1, 0.15) is 13.2 Å². The zero-order valence-corrected chi connectivity index (χ0v) is 19.3. The second-order valence-electron chi connectivity index (χ2n) is 6.61. The van der Waals surface area contributed by atoms with Gasteiger partial charge in [0.05, 0.1) is 18.2 Å². The number of hydrogen-bond donors (Lipinski definition) is 2. The third-order valence-electron chi connectivity index (χ3n) is 4.48. The predicted octanol–water partition coefficient (Wildman–Crippen LogP) is 2.84. The van der Waals surface area contributed by atoms with Gasteiger partial charge in [0.15, 0.2) is 17.5 Å². The Morgan fingerprint density at radius 2 is 2.11 bits per heavy atom. The van der Waals surface area contributed by atoms with Gasteiger partial charge in [0, 0.05) is 39.3 Å². The van der Waals surface area contributed by atoms with Crippen molar-refractivity contribution in [3.8, 4) is 11.5 Å². The molecule has 0 bridgehead atoms. The first kappa shape index (κ1) is 23.3. The van der Waals surface area contributed by atoms with E-state index in [1.54, 1.807) is 7.05 Å². The maximum atomic E-state index is 6.28. The van der Waals surface area contributed by atoms with Crippen LogP contribution in [0, 0.1) is 5.92 Å². The minimum absolute atomic E-state index is 0. The van der Waals surface area contributed by atoms with E-state index in [-0.39, 0.29) is 24.0 Å². The number of nitrogens with zero attached hydrogens (tertiary/aromatic N) is 1. The van der Waals surface area contributed by atoms with Crippen molar-refractivity contribution >= 4 is 41.5 Å². The molecule has 1 fully saturated rings. The van der Waals surface area contributed by atoms with Crippen molar-refractivity contribution in [2.75, 3.05) is 53.2 Å². The molecule has 7 nitrogen and oxygen atoms in total. The monoisotopic (exact) mass is 525 g/mol. The molecule has 1 atom stereocenters. The number of rotatable bonds is 8. The molecule has 1 saturated heterocycles. The van der Waals surface area contributed by atoms with Gasteiger partial charge in [-0.15, -0.1) is 24.0 Å². The Labute approximate surface area is 188 Å². The van der Waals surface area contributed by atoms with Crippen molar-refractivity contribution in [2.24, 2.45) is 10.9 Å². The number of nitrogens with one attached hydrogen (secondary N) is 2. The van der Waals surface area contributed by atoms with Crippen LogP contribution in [0.5, 0.6) is 11.5 Å². The number of hydrogen-bond acceptors (Lipinski definition) is 5. The second-order valence-corrected chi connectivity index (χ2v) is 7.02. The van der Waals surface area contributed by atoms with Crippen LogP contribution in [-0.4, -0.2) is 59.2 Å². The van der Waals surface area contributed by atoms with E-state index in [9.17, 15) is 0 Å². The Balaban J connectivity index is 0.00000280. The second kappa shape index (κ2) is 12.6. The fraction of sp³-hybridized carbons (Fsp3) is 0.632. The molecule has 2 aliphatic heterocycles. The summed E-state index contributed by atoms with van der Waals surface area (Å²) >= 11 is 6.28. The van der Waals surface area contributed by atoms with Crippen LogP contribution in [0.25, 0.3) is 0 Å². The van der Waals surface area contributed by atoms with E-state index < -0.39 is 0 Å². The zero-order chi connectivity index (χ0) is 18.9. The van der Waals surface area contributed by atoms with Crippen LogP contribution in [0.3, 0.4) is 0 Å². The molecule has 1 aromatic carbocycles. The highest BCUT2D eigenvalue weighted by atomic mass is 127. The number of halogens is 2. The van der Waals surface area contributed by atoms with Crippen molar-refractivity contribution in [2.45, 2.75) is 19.4 Å². The van der Waals surface area contributed by atoms with E-state index in [2.05, 4.69) is 15.6 Å². The average molecular weight is 526 g/mol. The van der Waals surface area contributed by atoms with E-state index in [1.807, 2.05) is 12.1 Å². The molecule has 3 rings (SSSR count). The number of guanidine groups is 1. The van der Waals surface area contributed by atoms with Crippen LogP contribution in [-0.2, 0) is 16.0 Å². The predicted molar refractivity (Wildman–Crippen MR) is 120 cm³/mol. The highest BCUT2D eigenvalue weighted by molar-refractivity contribution is 14.0. The Morgan fingerprint density at radius 3 is 2.89 bits per heavy atom. The van der Waals surface area contributed by atoms with Crippen molar-refractivity contribution in [3.63, 3.8) is 0 Å². The molecule has 158 valence electrons. The summed E-state index contributed by atoms with van der Waals surface area (Å²) in [6.07, 6.45) is 2.03. The van der Waals surface area contributed by atoms with Gasteiger partial charge in [0.2, 0.25) is 0 Å². The quantitative estimate of drug-likeness (QED) is 0.235. The van der Waals surface area contributed by atoms with E-state index in [0.717, 1.165) is 57.3 Å². The van der Waals surface area contributed by atoms with Crippen LogP contribution in [0.4, 0.5) is 0 Å². The topological polar surface area (TPSA) is 73.3 Å². The van der Waals surface area contributed by atoms with Crippen molar-refractivity contribution in [1.29, 1.82) is 0 Å². The molecule has 0 amide bonds. The Bertz CT molecular complexity index is 642. The molecule has 0 spiro atoms. The summed E-state index contributed by atoms with van der Waals surface area (Å²) < 4.78 is 22.2. The molecule has 1 aromatic rings. The first-order chi connectivity index (χ1) is 13.3. The molecule has 0 aliphatic carbocycles. The first-order valence-electron chi connectivity index (χ1n) is 9.44. The molecule has 2 heterocycles. The summed E-state index contributed by atoms with van der Waals surface area (Å²) in [4.78, 5) is 4.24. The molecule has 28 heavy (non-hydrogen) atoms. The maximum absolute atomic E-state index is 6.28. The van der Waals surface area contributed by atoms with E-state index >= 15 is 0 Å². The summed E-state index contributed by atoms with van der Waals surface area (Å²) in [5.41, 5.74) is 1.01. The number of fused-ring (bicyclic) bond motifs is 1. The highest BCUT2D eigenvalue weighted by Crippen LogP contribution is 2.38. The fourth-order valence-corrected chi connectivity index (χ4v) is 3.31. The standard InChI is InChI=1S/C19H28ClN3O4.HI/c1-21-19(22-4-2-5-24-12-14-3-6-25-13-14)23-11-15-9-16(20)18-17(10-15)26-7-8-27-18;/h9-10,14H,2-8,11-13H2,1H3,(H2,21,22,23);1H. The SMILES string of the molecule is CN=C(NCCCOCC1CCOC1)NCc1cc(Cl)c2c(c1)OCCO2.I. The molecule has 2 N–H and O–H groups in total. The van der Waals surface area contributed by atoms with Crippen LogP contribution in [0.2, 0.25) is 5.02 Å². The number of ether oxygens (including phenoxy) is 4. The molecule has 1 unspecified atom stereocenters. The van der Waals surface area contributed by atoms with Gasteiger partial charge in [0.25, 0.3) is 0 Å². The lowest BCUT2D eigenvalue weighted by Crippen LogP contribution is -2.37. The third kappa shape index (κ3) is 7.13. The average Bonchev–Trinajstić information content (AvgIpc) is 3.20. The van der Waals surface area contributed by atoms with E-state index in [0.29, 0.717) is 42.2 Å². The van der Waals surface area contributed by atoms with Gasteiger partial charge in [-0.1, -0.05) is 11.6 Å². The van der Waals surface area contributed by atoms with Crippen molar-refractivity contribution in [1.82, 2.24) is 10.6 Å². The third-order valence-corrected chi connectivity index (χ3v) is 4.76. The highest BCUT2D eigenvalue weighted by Gasteiger charge is 2.17. The fourth-order valence-electron chi connectivity index (χ4n) is 3.02. The van der Waals surface area contributed by atoms with Crippen LogP contribution >= 0.6 is 35.6 Å². The largest absolute Gasteiger partial charge is 0.486 e. The summed E-state index contributed by atoms with van der Waals surface area (Å²) in [6, 6.07) is 3.83. The van der Waals surface area contributed by atoms with Gasteiger partial charge in [-0.25, -0.2) is 0 Å². The lowest BCUT2D eigenvalue weighted by molar-refractivity contribution is 0.0888. The number of aliphatic imine (C=N–C) groups is 1. The van der Waals surface area contributed by atoms with Gasteiger partial charge in [-0.2, -0.15) is 0 Å². The van der Waals surface area contributed by atoms with Crippen molar-refractivity contribution < 1.29 is 18.9 Å². The minimum Gasteiger partial charge on any atom is -0.486 e. The van der Waals surface area contributed by atoms with E-state index in [4.69, 9.17) is 30.5 Å². The normalized spacial score (nSPS) is 18.5. The molecule has 0 radical (unpaired) electrons. The van der Waals surface area contributed by atoms with Crippen LogP contribution in [0.1, 0.15) is 18.4 Å². The van der Waals surface area contributed by atoms with Gasteiger partial charge in [-0.05, 0) is 30.5 Å². The first-order valence-corrected chi connectivity index (χ1v) is 9.82. The summed E-state index contributed by atoms with van der Waals surface area (Å²) in [5.74, 6) is 2.62. The maximum Gasteiger partial charge on any atom is 0.191 e. The molecular formula is C19H29ClIN3O4. The molecule has 0 aromatic heterocycles. The Kier molecular flexibility index (Phi) is 10.5. The van der Waals surface area contributed by atoms with Gasteiger partial charge in [-0.3, -0.25) is 4.99 Å². The Morgan fingerprint density at radius 1 is 1.25 bits per heavy atom. The lowest BCUT2D eigenvalue weighted by atomic mass is 10.1. The van der Waals surface area contributed by atoms with Crippen LogP contribution < -0.4 is 20.1 Å². The molecular weight excluding hydrogens is 497 g/mol. The smallest absolute Gasteiger partial charge is 0.191 e. The lowest BCUT2D eigenvalue weighted by Gasteiger charge is -2.20. The van der Waals surface area contributed by atoms with Gasteiger partial charge < -0.3 is 29.6 Å². The van der Waals surface area contributed by atoms with Gasteiger partial charge >= 0.3 is 0 Å².